The molecule has 1 saturated heterocycles. The van der Waals surface area contributed by atoms with E-state index in [0.29, 0.717) is 6.04 Å². The summed E-state index contributed by atoms with van der Waals surface area (Å²) in [6.45, 7) is 4.25. The lowest BCUT2D eigenvalue weighted by molar-refractivity contribution is 0.208. The lowest BCUT2D eigenvalue weighted by Gasteiger charge is -2.24. The number of hydrogen-bond acceptors (Lipinski definition) is 3. The van der Waals surface area contributed by atoms with Crippen LogP contribution in [0.3, 0.4) is 0 Å². The summed E-state index contributed by atoms with van der Waals surface area (Å²) in [5.41, 5.74) is 3.12. The first-order valence-corrected chi connectivity index (χ1v) is 8.47. The van der Waals surface area contributed by atoms with Gasteiger partial charge in [0.25, 0.3) is 0 Å². The fraction of sp³-hybridized carbons (Fsp3) is 0.500. The topological polar surface area (TPSA) is 36.4 Å². The van der Waals surface area contributed by atoms with Gasteiger partial charge in [-0.3, -0.25) is 4.90 Å². The quantitative estimate of drug-likeness (QED) is 0.907. The van der Waals surface area contributed by atoms with E-state index in [1.165, 1.54) is 12.8 Å². The van der Waals surface area contributed by atoms with Crippen LogP contribution in [0.2, 0.25) is 5.02 Å². The van der Waals surface area contributed by atoms with Crippen LogP contribution in [0.5, 0.6) is 0 Å². The van der Waals surface area contributed by atoms with Crippen molar-refractivity contribution in [2.24, 2.45) is 0 Å². The SMILES string of the molecule is Cc1c(Cl)c(CN2CCCC2CCCO)nc2ccccc12. The van der Waals surface area contributed by atoms with Gasteiger partial charge in [-0.25, -0.2) is 4.98 Å². The Labute approximate surface area is 136 Å². The van der Waals surface area contributed by atoms with Crippen molar-refractivity contribution in [2.75, 3.05) is 13.2 Å². The predicted molar refractivity (Wildman–Crippen MR) is 91.2 cm³/mol. The highest BCUT2D eigenvalue weighted by atomic mass is 35.5. The van der Waals surface area contributed by atoms with E-state index in [4.69, 9.17) is 21.7 Å². The number of hydrogen-bond donors (Lipinski definition) is 1. The Balaban J connectivity index is 1.85. The largest absolute Gasteiger partial charge is 0.396 e. The maximum atomic E-state index is 9.05. The highest BCUT2D eigenvalue weighted by Gasteiger charge is 2.25. The summed E-state index contributed by atoms with van der Waals surface area (Å²) in [4.78, 5) is 7.26. The monoisotopic (exact) mass is 318 g/mol. The van der Waals surface area contributed by atoms with E-state index in [9.17, 15) is 0 Å². The van der Waals surface area contributed by atoms with Crippen LogP contribution < -0.4 is 0 Å². The number of benzene rings is 1. The van der Waals surface area contributed by atoms with Crippen LogP contribution >= 0.6 is 11.6 Å². The molecule has 1 aliphatic rings. The summed E-state index contributed by atoms with van der Waals surface area (Å²) >= 11 is 6.57. The fourth-order valence-corrected chi connectivity index (χ4v) is 3.68. The van der Waals surface area contributed by atoms with Gasteiger partial charge in [-0.1, -0.05) is 29.8 Å². The number of likely N-dealkylation sites (tertiary alicyclic amines) is 1. The number of aliphatic hydroxyl groups is 1. The second-order valence-corrected chi connectivity index (χ2v) is 6.52. The van der Waals surface area contributed by atoms with Gasteiger partial charge in [0.2, 0.25) is 0 Å². The van der Waals surface area contributed by atoms with Crippen LogP contribution in [0.4, 0.5) is 0 Å². The number of pyridine rings is 1. The lowest BCUT2D eigenvalue weighted by atomic mass is 10.1. The van der Waals surface area contributed by atoms with Crippen molar-refractivity contribution in [2.45, 2.75) is 45.2 Å². The van der Waals surface area contributed by atoms with Crippen LogP contribution in [-0.2, 0) is 6.54 Å². The number of aryl methyl sites for hydroxylation is 1. The van der Waals surface area contributed by atoms with Crippen molar-refractivity contribution in [3.63, 3.8) is 0 Å². The summed E-state index contributed by atoms with van der Waals surface area (Å²) < 4.78 is 0. The molecule has 0 spiro atoms. The summed E-state index contributed by atoms with van der Waals surface area (Å²) in [6, 6.07) is 8.73. The standard InChI is InChI=1S/C18H23ClN2O/c1-13-15-8-2-3-9-16(15)20-17(18(13)19)12-21-10-4-6-14(21)7-5-11-22/h2-3,8-9,14,22H,4-7,10-12H2,1H3. The number of halogens is 1. The van der Waals surface area contributed by atoms with E-state index >= 15 is 0 Å². The maximum Gasteiger partial charge on any atom is 0.0740 e. The van der Waals surface area contributed by atoms with E-state index in [-0.39, 0.29) is 6.61 Å². The Hall–Kier alpha value is -1.16. The molecular formula is C18H23ClN2O. The molecule has 0 amide bonds. The van der Waals surface area contributed by atoms with Gasteiger partial charge in [-0.05, 0) is 50.8 Å². The smallest absolute Gasteiger partial charge is 0.0740 e. The highest BCUT2D eigenvalue weighted by Crippen LogP contribution is 2.30. The third kappa shape index (κ3) is 3.12. The van der Waals surface area contributed by atoms with Gasteiger partial charge >= 0.3 is 0 Å². The molecule has 0 saturated carbocycles. The van der Waals surface area contributed by atoms with Gasteiger partial charge in [-0.15, -0.1) is 0 Å². The van der Waals surface area contributed by atoms with Crippen LogP contribution in [0.15, 0.2) is 24.3 Å². The van der Waals surface area contributed by atoms with Crippen molar-refractivity contribution in [1.82, 2.24) is 9.88 Å². The molecule has 1 aromatic carbocycles. The average molecular weight is 319 g/mol. The first kappa shape index (κ1) is 15.7. The molecule has 4 heteroatoms. The molecule has 0 bridgehead atoms. The number of rotatable bonds is 5. The lowest BCUT2D eigenvalue weighted by Crippen LogP contribution is -2.29. The van der Waals surface area contributed by atoms with Crippen molar-refractivity contribution in [3.05, 3.63) is 40.5 Å². The maximum absolute atomic E-state index is 9.05. The Bertz CT molecular complexity index is 659. The molecule has 1 unspecified atom stereocenters. The molecule has 2 heterocycles. The Kier molecular flexibility index (Phi) is 4.97. The average Bonchev–Trinajstić information content (AvgIpc) is 2.97. The number of para-hydroxylation sites is 1. The normalized spacial score (nSPS) is 19.1. The van der Waals surface area contributed by atoms with Crippen LogP contribution in [0.1, 0.15) is 36.9 Å². The number of aliphatic hydroxyl groups excluding tert-OH is 1. The molecule has 22 heavy (non-hydrogen) atoms. The molecule has 0 radical (unpaired) electrons. The molecule has 3 rings (SSSR count). The van der Waals surface area contributed by atoms with Crippen molar-refractivity contribution < 1.29 is 5.11 Å². The molecular weight excluding hydrogens is 296 g/mol. The second kappa shape index (κ2) is 6.95. The summed E-state index contributed by atoms with van der Waals surface area (Å²) in [6.07, 6.45) is 4.37. The zero-order valence-electron chi connectivity index (χ0n) is 13.1. The number of fused-ring (bicyclic) bond motifs is 1. The van der Waals surface area contributed by atoms with Gasteiger partial charge in [0.05, 0.1) is 16.2 Å². The molecule has 1 N–H and O–H groups in total. The molecule has 1 fully saturated rings. The van der Waals surface area contributed by atoms with Gasteiger partial charge in [0.15, 0.2) is 0 Å². The fourth-order valence-electron chi connectivity index (χ4n) is 3.47. The molecule has 1 aromatic heterocycles. The minimum Gasteiger partial charge on any atom is -0.396 e. The zero-order valence-corrected chi connectivity index (χ0v) is 13.8. The molecule has 2 aromatic rings. The van der Waals surface area contributed by atoms with Crippen molar-refractivity contribution in [1.29, 1.82) is 0 Å². The number of aromatic nitrogens is 1. The molecule has 118 valence electrons. The number of nitrogens with zero attached hydrogens (tertiary/aromatic N) is 2. The summed E-state index contributed by atoms with van der Waals surface area (Å²) in [7, 11) is 0. The molecule has 1 aliphatic heterocycles. The van der Waals surface area contributed by atoms with Gasteiger partial charge in [0.1, 0.15) is 0 Å². The van der Waals surface area contributed by atoms with Crippen LogP contribution in [0.25, 0.3) is 10.9 Å². The molecule has 0 aliphatic carbocycles. The van der Waals surface area contributed by atoms with Gasteiger partial charge < -0.3 is 5.11 Å². The Morgan fingerprint density at radius 2 is 2.18 bits per heavy atom. The molecule has 1 atom stereocenters. The van der Waals surface area contributed by atoms with E-state index in [1.807, 2.05) is 12.1 Å². The van der Waals surface area contributed by atoms with E-state index in [0.717, 1.165) is 53.1 Å². The molecule has 3 nitrogen and oxygen atoms in total. The van der Waals surface area contributed by atoms with E-state index in [1.54, 1.807) is 0 Å². The summed E-state index contributed by atoms with van der Waals surface area (Å²) in [5, 5.41) is 11.0. The zero-order chi connectivity index (χ0) is 15.5. The first-order valence-electron chi connectivity index (χ1n) is 8.09. The Morgan fingerprint density at radius 1 is 1.36 bits per heavy atom. The van der Waals surface area contributed by atoms with Crippen molar-refractivity contribution >= 4 is 22.5 Å². The first-order chi connectivity index (χ1) is 10.7. The van der Waals surface area contributed by atoms with Gasteiger partial charge in [-0.2, -0.15) is 0 Å². The highest BCUT2D eigenvalue weighted by molar-refractivity contribution is 6.32. The van der Waals surface area contributed by atoms with Gasteiger partial charge in [0, 0.05) is 24.6 Å². The van der Waals surface area contributed by atoms with Crippen molar-refractivity contribution in [3.8, 4) is 0 Å². The van der Waals surface area contributed by atoms with Crippen LogP contribution in [-0.4, -0.2) is 34.2 Å². The Morgan fingerprint density at radius 3 is 3.00 bits per heavy atom. The predicted octanol–water partition coefficient (Wildman–Crippen LogP) is 3.93. The summed E-state index contributed by atoms with van der Waals surface area (Å²) in [5.74, 6) is 0. The third-order valence-corrected chi connectivity index (χ3v) is 5.20. The van der Waals surface area contributed by atoms with E-state index in [2.05, 4.69) is 24.0 Å². The van der Waals surface area contributed by atoms with E-state index < -0.39 is 0 Å². The minimum absolute atomic E-state index is 0.276. The second-order valence-electron chi connectivity index (χ2n) is 6.15. The van der Waals surface area contributed by atoms with Crippen LogP contribution in [0, 0.1) is 6.92 Å². The minimum atomic E-state index is 0.276. The third-order valence-electron chi connectivity index (χ3n) is 4.69.